The van der Waals surface area contributed by atoms with Crippen LogP contribution in [0.2, 0.25) is 0 Å². The van der Waals surface area contributed by atoms with Crippen molar-refractivity contribution in [2.24, 2.45) is 0 Å². The molecular formula is C14H14N2O. The Labute approximate surface area is 99.5 Å². The van der Waals surface area contributed by atoms with Gasteiger partial charge in [0, 0.05) is 0 Å². The molecule has 3 rings (SSSR count). The van der Waals surface area contributed by atoms with Crippen molar-refractivity contribution >= 4 is 11.0 Å². The topological polar surface area (TPSA) is 41.8 Å². The second kappa shape index (κ2) is 3.48. The normalized spacial score (nSPS) is 11.2. The Balaban J connectivity index is 2.24. The van der Waals surface area contributed by atoms with Crippen molar-refractivity contribution in [2.45, 2.75) is 20.8 Å². The molecule has 0 unspecified atom stereocenters. The molecule has 0 amide bonds. The fourth-order valence-corrected chi connectivity index (χ4v) is 1.99. The molecule has 1 N–H and O–H groups in total. The monoisotopic (exact) mass is 226 g/mol. The minimum absolute atomic E-state index is 0.799. The maximum absolute atomic E-state index is 5.45. The fourth-order valence-electron chi connectivity index (χ4n) is 1.99. The van der Waals surface area contributed by atoms with Gasteiger partial charge in [0.2, 0.25) is 0 Å². The molecule has 0 spiro atoms. The molecule has 0 saturated carbocycles. The summed E-state index contributed by atoms with van der Waals surface area (Å²) in [5.41, 5.74) is 5.66. The summed E-state index contributed by atoms with van der Waals surface area (Å²) in [5, 5.41) is 0. The summed E-state index contributed by atoms with van der Waals surface area (Å²) in [6.45, 7) is 6.22. The van der Waals surface area contributed by atoms with E-state index in [4.69, 9.17) is 4.42 Å². The van der Waals surface area contributed by atoms with Crippen LogP contribution in [-0.4, -0.2) is 9.97 Å². The van der Waals surface area contributed by atoms with Gasteiger partial charge in [-0.25, -0.2) is 4.98 Å². The molecule has 0 fully saturated rings. The smallest absolute Gasteiger partial charge is 0.174 e. The number of hydrogen-bond acceptors (Lipinski definition) is 2. The lowest BCUT2D eigenvalue weighted by Crippen LogP contribution is -1.79. The zero-order valence-corrected chi connectivity index (χ0v) is 10.2. The van der Waals surface area contributed by atoms with E-state index in [2.05, 4.69) is 35.9 Å². The largest absolute Gasteiger partial charge is 0.461 e. The molecule has 3 aromatic rings. The highest BCUT2D eigenvalue weighted by atomic mass is 16.3. The minimum Gasteiger partial charge on any atom is -0.461 e. The third kappa shape index (κ3) is 1.55. The summed E-state index contributed by atoms with van der Waals surface area (Å²) in [5.74, 6) is 1.61. The van der Waals surface area contributed by atoms with Crippen LogP contribution in [0.1, 0.15) is 16.7 Å². The van der Waals surface area contributed by atoms with Gasteiger partial charge in [0.15, 0.2) is 11.6 Å². The summed E-state index contributed by atoms with van der Waals surface area (Å²) in [6, 6.07) is 6.17. The van der Waals surface area contributed by atoms with Gasteiger partial charge in [0.1, 0.15) is 0 Å². The highest BCUT2D eigenvalue weighted by Crippen LogP contribution is 2.25. The Morgan fingerprint density at radius 2 is 1.82 bits per heavy atom. The van der Waals surface area contributed by atoms with E-state index in [9.17, 15) is 0 Å². The summed E-state index contributed by atoms with van der Waals surface area (Å²) < 4.78 is 5.45. The number of fused-ring (bicyclic) bond motifs is 1. The standard InChI is InChI=1S/C14H14N2O/c1-8-4-5-17-13(8)14-15-11-6-9(2)10(3)7-12(11)16-14/h4-7H,1-3H3,(H,15,16). The molecule has 2 aromatic heterocycles. The van der Waals surface area contributed by atoms with Crippen molar-refractivity contribution in [1.82, 2.24) is 9.97 Å². The van der Waals surface area contributed by atoms with E-state index in [1.165, 1.54) is 11.1 Å². The van der Waals surface area contributed by atoms with Crippen LogP contribution in [-0.2, 0) is 0 Å². The van der Waals surface area contributed by atoms with E-state index in [-0.39, 0.29) is 0 Å². The lowest BCUT2D eigenvalue weighted by Gasteiger charge is -1.97. The number of rotatable bonds is 1. The number of hydrogen-bond donors (Lipinski definition) is 1. The Morgan fingerprint density at radius 3 is 2.53 bits per heavy atom. The van der Waals surface area contributed by atoms with Gasteiger partial charge in [-0.2, -0.15) is 0 Å². The van der Waals surface area contributed by atoms with Crippen LogP contribution in [0.4, 0.5) is 0 Å². The molecule has 0 saturated heterocycles. The first-order valence-corrected chi connectivity index (χ1v) is 5.66. The van der Waals surface area contributed by atoms with Crippen molar-refractivity contribution in [3.05, 3.63) is 41.2 Å². The van der Waals surface area contributed by atoms with Gasteiger partial charge < -0.3 is 9.40 Å². The maximum atomic E-state index is 5.45. The lowest BCUT2D eigenvalue weighted by molar-refractivity contribution is 0.577. The first-order valence-electron chi connectivity index (χ1n) is 5.66. The number of aromatic nitrogens is 2. The molecule has 0 aliphatic heterocycles. The molecular weight excluding hydrogens is 212 g/mol. The number of benzene rings is 1. The molecule has 2 heterocycles. The molecule has 17 heavy (non-hydrogen) atoms. The fraction of sp³-hybridized carbons (Fsp3) is 0.214. The number of imidazole rings is 1. The molecule has 0 aliphatic rings. The predicted molar refractivity (Wildman–Crippen MR) is 68.0 cm³/mol. The first-order chi connectivity index (χ1) is 8.15. The van der Waals surface area contributed by atoms with Crippen LogP contribution < -0.4 is 0 Å². The van der Waals surface area contributed by atoms with Crippen molar-refractivity contribution in [2.75, 3.05) is 0 Å². The SMILES string of the molecule is Cc1cc2nc(-c3occc3C)[nH]c2cc1C. The van der Waals surface area contributed by atoms with Crippen LogP contribution in [0.5, 0.6) is 0 Å². The van der Waals surface area contributed by atoms with E-state index in [1.54, 1.807) is 6.26 Å². The van der Waals surface area contributed by atoms with Crippen molar-refractivity contribution in [1.29, 1.82) is 0 Å². The summed E-state index contributed by atoms with van der Waals surface area (Å²) in [6.07, 6.45) is 1.69. The Morgan fingerprint density at radius 1 is 1.06 bits per heavy atom. The molecule has 1 aromatic carbocycles. The second-order valence-corrected chi connectivity index (χ2v) is 4.47. The number of aryl methyl sites for hydroxylation is 3. The summed E-state index contributed by atoms with van der Waals surface area (Å²) >= 11 is 0. The average Bonchev–Trinajstić information content (AvgIpc) is 2.85. The third-order valence-corrected chi connectivity index (χ3v) is 3.17. The number of aromatic amines is 1. The van der Waals surface area contributed by atoms with Gasteiger partial charge in [0.25, 0.3) is 0 Å². The summed E-state index contributed by atoms with van der Waals surface area (Å²) in [7, 11) is 0. The van der Waals surface area contributed by atoms with Gasteiger partial charge in [-0.1, -0.05) is 0 Å². The minimum atomic E-state index is 0.799. The summed E-state index contributed by atoms with van der Waals surface area (Å²) in [4.78, 5) is 7.87. The molecule has 3 heteroatoms. The quantitative estimate of drug-likeness (QED) is 0.686. The van der Waals surface area contributed by atoms with Crippen LogP contribution >= 0.6 is 0 Å². The van der Waals surface area contributed by atoms with E-state index < -0.39 is 0 Å². The zero-order chi connectivity index (χ0) is 12.0. The van der Waals surface area contributed by atoms with E-state index in [0.717, 1.165) is 28.2 Å². The van der Waals surface area contributed by atoms with Crippen LogP contribution in [0.15, 0.2) is 28.9 Å². The molecule has 86 valence electrons. The third-order valence-electron chi connectivity index (χ3n) is 3.17. The van der Waals surface area contributed by atoms with Crippen LogP contribution in [0, 0.1) is 20.8 Å². The highest BCUT2D eigenvalue weighted by molar-refractivity contribution is 5.80. The molecule has 0 radical (unpaired) electrons. The second-order valence-electron chi connectivity index (χ2n) is 4.47. The molecule has 0 aliphatic carbocycles. The van der Waals surface area contributed by atoms with Crippen molar-refractivity contribution < 1.29 is 4.42 Å². The molecule has 0 atom stereocenters. The van der Waals surface area contributed by atoms with Gasteiger partial charge in [-0.15, -0.1) is 0 Å². The molecule has 0 bridgehead atoms. The average molecular weight is 226 g/mol. The van der Waals surface area contributed by atoms with Crippen LogP contribution in [0.25, 0.3) is 22.6 Å². The van der Waals surface area contributed by atoms with Crippen molar-refractivity contribution in [3.63, 3.8) is 0 Å². The van der Waals surface area contributed by atoms with E-state index >= 15 is 0 Å². The van der Waals surface area contributed by atoms with E-state index in [1.807, 2.05) is 13.0 Å². The number of nitrogens with one attached hydrogen (secondary N) is 1. The Bertz CT molecular complexity index is 652. The van der Waals surface area contributed by atoms with Crippen LogP contribution in [0.3, 0.4) is 0 Å². The maximum Gasteiger partial charge on any atom is 0.174 e. The van der Waals surface area contributed by atoms with Gasteiger partial charge in [-0.05, 0) is 55.7 Å². The van der Waals surface area contributed by atoms with Gasteiger partial charge in [0.05, 0.1) is 17.3 Å². The van der Waals surface area contributed by atoms with Gasteiger partial charge in [-0.3, -0.25) is 0 Å². The molecule has 3 nitrogen and oxygen atoms in total. The lowest BCUT2D eigenvalue weighted by atomic mass is 10.1. The van der Waals surface area contributed by atoms with Crippen molar-refractivity contribution in [3.8, 4) is 11.6 Å². The van der Waals surface area contributed by atoms with Gasteiger partial charge >= 0.3 is 0 Å². The van der Waals surface area contributed by atoms with E-state index in [0.29, 0.717) is 0 Å². The zero-order valence-electron chi connectivity index (χ0n) is 10.2. The number of H-pyrrole nitrogens is 1. The predicted octanol–water partition coefficient (Wildman–Crippen LogP) is 3.75. The Hall–Kier alpha value is -2.03. The first kappa shape index (κ1) is 10.1. The number of furan rings is 1. The highest BCUT2D eigenvalue weighted by Gasteiger charge is 2.11. The Kier molecular flexibility index (Phi) is 2.08. The number of nitrogens with zero attached hydrogens (tertiary/aromatic N) is 1.